The molecule has 1 aromatic carbocycles. The van der Waals surface area contributed by atoms with E-state index in [0.717, 1.165) is 35.6 Å². The molecule has 32 heavy (non-hydrogen) atoms. The van der Waals surface area contributed by atoms with E-state index in [1.165, 1.54) is 32.1 Å². The number of amides is 2. The molecule has 1 fully saturated rings. The summed E-state index contributed by atoms with van der Waals surface area (Å²) in [5, 5.41) is 2.01. The SMILES string of the molecule is COCC(=O)N(CCN1CCCC1)CC(=O)N(Cc1ccc(F)cc1)Cc1sccc1C. The van der Waals surface area contributed by atoms with Gasteiger partial charge in [-0.2, -0.15) is 0 Å². The van der Waals surface area contributed by atoms with E-state index < -0.39 is 0 Å². The van der Waals surface area contributed by atoms with Crippen molar-refractivity contribution in [1.82, 2.24) is 14.7 Å². The maximum atomic E-state index is 13.4. The van der Waals surface area contributed by atoms with Gasteiger partial charge in [0.25, 0.3) is 0 Å². The summed E-state index contributed by atoms with van der Waals surface area (Å²) in [7, 11) is 1.48. The number of ether oxygens (including phenoxy) is 1. The van der Waals surface area contributed by atoms with E-state index in [-0.39, 0.29) is 30.8 Å². The van der Waals surface area contributed by atoms with E-state index in [1.54, 1.807) is 33.3 Å². The van der Waals surface area contributed by atoms with Gasteiger partial charge in [-0.3, -0.25) is 9.59 Å². The summed E-state index contributed by atoms with van der Waals surface area (Å²) in [6.07, 6.45) is 2.35. The molecule has 0 N–H and O–H groups in total. The fourth-order valence-corrected chi connectivity index (χ4v) is 4.74. The highest BCUT2D eigenvalue weighted by Gasteiger charge is 2.23. The van der Waals surface area contributed by atoms with Crippen molar-refractivity contribution in [1.29, 1.82) is 0 Å². The molecule has 1 saturated heterocycles. The Labute approximate surface area is 193 Å². The van der Waals surface area contributed by atoms with Gasteiger partial charge in [0, 0.05) is 31.6 Å². The number of rotatable bonds is 11. The highest BCUT2D eigenvalue weighted by atomic mass is 32.1. The second-order valence-electron chi connectivity index (χ2n) is 8.20. The van der Waals surface area contributed by atoms with Crippen LogP contribution in [0.2, 0.25) is 0 Å². The molecule has 3 rings (SSSR count). The molecule has 0 aliphatic carbocycles. The third-order valence-corrected chi connectivity index (χ3v) is 6.78. The fourth-order valence-electron chi connectivity index (χ4n) is 3.82. The van der Waals surface area contributed by atoms with Gasteiger partial charge >= 0.3 is 0 Å². The highest BCUT2D eigenvalue weighted by Crippen LogP contribution is 2.20. The van der Waals surface area contributed by atoms with Gasteiger partial charge in [0.15, 0.2) is 0 Å². The van der Waals surface area contributed by atoms with Crippen molar-refractivity contribution in [3.05, 3.63) is 57.5 Å². The Morgan fingerprint density at radius 1 is 1.06 bits per heavy atom. The number of nitrogens with zero attached hydrogens (tertiary/aromatic N) is 3. The molecular formula is C24H32FN3O3S. The molecule has 1 aliphatic rings. The van der Waals surface area contributed by atoms with Gasteiger partial charge in [-0.1, -0.05) is 12.1 Å². The number of methoxy groups -OCH3 is 1. The minimum atomic E-state index is -0.307. The monoisotopic (exact) mass is 461 g/mol. The van der Waals surface area contributed by atoms with Crippen molar-refractivity contribution in [3.8, 4) is 0 Å². The molecule has 0 atom stereocenters. The van der Waals surface area contributed by atoms with Gasteiger partial charge < -0.3 is 19.4 Å². The van der Waals surface area contributed by atoms with E-state index in [9.17, 15) is 14.0 Å². The Bertz CT molecular complexity index is 881. The first-order valence-corrected chi connectivity index (χ1v) is 11.9. The van der Waals surface area contributed by atoms with Crippen molar-refractivity contribution < 1.29 is 18.7 Å². The Morgan fingerprint density at radius 3 is 2.41 bits per heavy atom. The fraction of sp³-hybridized carbons (Fsp3) is 0.500. The Morgan fingerprint density at radius 2 is 1.78 bits per heavy atom. The second kappa shape index (κ2) is 12.1. The van der Waals surface area contributed by atoms with Gasteiger partial charge in [-0.25, -0.2) is 4.39 Å². The van der Waals surface area contributed by atoms with Crippen LogP contribution in [0.5, 0.6) is 0 Å². The molecule has 2 amide bonds. The smallest absolute Gasteiger partial charge is 0.249 e. The number of carbonyl (C=O) groups excluding carboxylic acids is 2. The zero-order valence-electron chi connectivity index (χ0n) is 18.9. The van der Waals surface area contributed by atoms with Gasteiger partial charge in [-0.05, 0) is 67.6 Å². The van der Waals surface area contributed by atoms with Crippen LogP contribution in [-0.2, 0) is 27.4 Å². The summed E-state index contributed by atoms with van der Waals surface area (Å²) in [6.45, 7) is 6.12. The predicted octanol–water partition coefficient (Wildman–Crippen LogP) is 3.30. The number of carbonyl (C=O) groups is 2. The minimum absolute atomic E-state index is 0.00164. The molecular weight excluding hydrogens is 429 g/mol. The maximum absolute atomic E-state index is 13.4. The number of hydrogen-bond acceptors (Lipinski definition) is 5. The van der Waals surface area contributed by atoms with E-state index >= 15 is 0 Å². The lowest BCUT2D eigenvalue weighted by atomic mass is 10.2. The average Bonchev–Trinajstić information content (AvgIpc) is 3.44. The first-order chi connectivity index (χ1) is 15.5. The summed E-state index contributed by atoms with van der Waals surface area (Å²) < 4.78 is 18.4. The third kappa shape index (κ3) is 7.12. The summed E-state index contributed by atoms with van der Waals surface area (Å²) in [5.41, 5.74) is 1.98. The lowest BCUT2D eigenvalue weighted by Gasteiger charge is -2.29. The molecule has 1 aromatic heterocycles. The second-order valence-corrected chi connectivity index (χ2v) is 9.20. The van der Waals surface area contributed by atoms with Crippen molar-refractivity contribution in [2.75, 3.05) is 46.4 Å². The zero-order chi connectivity index (χ0) is 22.9. The molecule has 6 nitrogen and oxygen atoms in total. The van der Waals surface area contributed by atoms with Crippen LogP contribution in [0.15, 0.2) is 35.7 Å². The van der Waals surface area contributed by atoms with Crippen molar-refractivity contribution >= 4 is 23.2 Å². The van der Waals surface area contributed by atoms with E-state index in [0.29, 0.717) is 19.6 Å². The molecule has 8 heteroatoms. The molecule has 0 bridgehead atoms. The van der Waals surface area contributed by atoms with Crippen LogP contribution in [0.25, 0.3) is 0 Å². The molecule has 2 aromatic rings. The van der Waals surface area contributed by atoms with Gasteiger partial charge in [-0.15, -0.1) is 11.3 Å². The Kier molecular flexibility index (Phi) is 9.20. The van der Waals surface area contributed by atoms with Crippen molar-refractivity contribution in [2.24, 2.45) is 0 Å². The maximum Gasteiger partial charge on any atom is 0.249 e. The summed E-state index contributed by atoms with van der Waals surface area (Å²) in [4.78, 5) is 32.8. The van der Waals surface area contributed by atoms with Crippen LogP contribution in [0.4, 0.5) is 4.39 Å². The lowest BCUT2D eigenvalue weighted by Crippen LogP contribution is -2.46. The van der Waals surface area contributed by atoms with Gasteiger partial charge in [0.05, 0.1) is 13.1 Å². The van der Waals surface area contributed by atoms with Gasteiger partial charge in [0.2, 0.25) is 11.8 Å². The van der Waals surface area contributed by atoms with Crippen LogP contribution in [0.3, 0.4) is 0 Å². The molecule has 0 unspecified atom stereocenters. The van der Waals surface area contributed by atoms with E-state index in [1.807, 2.05) is 18.4 Å². The number of halogens is 1. The third-order valence-electron chi connectivity index (χ3n) is 5.77. The van der Waals surface area contributed by atoms with E-state index in [2.05, 4.69) is 4.90 Å². The average molecular weight is 462 g/mol. The standard InChI is InChI=1S/C24H32FN3O3S/c1-19-9-14-32-22(19)16-28(15-20-5-7-21(25)8-6-20)23(29)17-27(24(30)18-31-2)13-12-26-10-3-4-11-26/h5-9,14H,3-4,10-13,15-18H2,1-2H3. The molecule has 0 spiro atoms. The molecule has 2 heterocycles. The summed E-state index contributed by atoms with van der Waals surface area (Å²) in [6, 6.07) is 8.22. The molecule has 0 saturated carbocycles. The highest BCUT2D eigenvalue weighted by molar-refractivity contribution is 7.10. The topological polar surface area (TPSA) is 53.1 Å². The normalized spacial score (nSPS) is 14.0. The molecule has 174 valence electrons. The van der Waals surface area contributed by atoms with Crippen LogP contribution in [0.1, 0.15) is 28.8 Å². The first-order valence-electron chi connectivity index (χ1n) is 11.0. The molecule has 0 radical (unpaired) electrons. The van der Waals surface area contributed by atoms with Crippen LogP contribution < -0.4 is 0 Å². The minimum Gasteiger partial charge on any atom is -0.375 e. The number of hydrogen-bond donors (Lipinski definition) is 0. The van der Waals surface area contributed by atoms with Crippen molar-refractivity contribution in [2.45, 2.75) is 32.9 Å². The summed E-state index contributed by atoms with van der Waals surface area (Å²) >= 11 is 1.61. The predicted molar refractivity (Wildman–Crippen MR) is 124 cm³/mol. The van der Waals surface area contributed by atoms with Crippen LogP contribution >= 0.6 is 11.3 Å². The Hall–Kier alpha value is -2.29. The van der Waals surface area contributed by atoms with Crippen molar-refractivity contribution in [3.63, 3.8) is 0 Å². The van der Waals surface area contributed by atoms with Crippen LogP contribution in [-0.4, -0.2) is 73.0 Å². The first kappa shape index (κ1) is 24.4. The number of likely N-dealkylation sites (tertiary alicyclic amines) is 1. The van der Waals surface area contributed by atoms with Gasteiger partial charge in [0.1, 0.15) is 12.4 Å². The largest absolute Gasteiger partial charge is 0.375 e. The summed E-state index contributed by atoms with van der Waals surface area (Å²) in [5.74, 6) is -0.624. The zero-order valence-corrected chi connectivity index (χ0v) is 19.7. The van der Waals surface area contributed by atoms with E-state index in [4.69, 9.17) is 4.74 Å². The number of aryl methyl sites for hydroxylation is 1. The molecule has 1 aliphatic heterocycles. The number of benzene rings is 1. The van der Waals surface area contributed by atoms with Crippen LogP contribution in [0, 0.1) is 12.7 Å². The quantitative estimate of drug-likeness (QED) is 0.515. The lowest BCUT2D eigenvalue weighted by molar-refractivity contribution is -0.143. The number of thiophene rings is 1. The Balaban J connectivity index is 1.72.